The first kappa shape index (κ1) is 18.5. The van der Waals surface area contributed by atoms with Crippen LogP contribution < -0.4 is 10.1 Å². The van der Waals surface area contributed by atoms with E-state index in [0.717, 1.165) is 30.0 Å². The zero-order valence-corrected chi connectivity index (χ0v) is 18.2. The van der Waals surface area contributed by atoms with Crippen LogP contribution in [-0.2, 0) is 5.41 Å². The van der Waals surface area contributed by atoms with E-state index in [0.29, 0.717) is 0 Å². The highest BCUT2D eigenvalue weighted by Gasteiger charge is 2.52. The van der Waals surface area contributed by atoms with Gasteiger partial charge in [0.1, 0.15) is 11.5 Å². The van der Waals surface area contributed by atoms with E-state index in [2.05, 4.69) is 115 Å². The number of rotatable bonds is 2. The Hall–Kier alpha value is -4.04. The fourth-order valence-corrected chi connectivity index (χ4v) is 5.94. The molecule has 1 aliphatic heterocycles. The molecule has 0 unspecified atom stereocenters. The summed E-state index contributed by atoms with van der Waals surface area (Å²) in [6.45, 7) is 0. The number of anilines is 1. The Morgan fingerprint density at radius 3 is 1.94 bits per heavy atom. The van der Waals surface area contributed by atoms with Gasteiger partial charge >= 0.3 is 0 Å². The molecule has 0 aromatic heterocycles. The molecule has 0 radical (unpaired) electrons. The lowest BCUT2D eigenvalue weighted by Gasteiger charge is -2.40. The van der Waals surface area contributed by atoms with E-state index < -0.39 is 0 Å². The standard InChI is InChI=1S/C31H23NO/c1-2-10-21(11-3-1)32-22-18-19-24-23-12-4-5-13-25(23)31(28(24)20-22)26-14-6-8-16-29(26)33-30-17-9-7-15-27(30)31/h1-17,20,32H,18-19H2. The number of ether oxygens (including phenoxy) is 1. The molecule has 2 heteroatoms. The summed E-state index contributed by atoms with van der Waals surface area (Å²) < 4.78 is 6.42. The average Bonchev–Trinajstić information content (AvgIpc) is 3.15. The van der Waals surface area contributed by atoms with Crippen molar-refractivity contribution >= 4 is 11.3 Å². The normalized spacial score (nSPS) is 16.8. The molecule has 0 saturated heterocycles. The minimum absolute atomic E-state index is 0.374. The zero-order valence-electron chi connectivity index (χ0n) is 18.2. The van der Waals surface area contributed by atoms with Gasteiger partial charge in [0, 0.05) is 22.5 Å². The number of hydrogen-bond acceptors (Lipinski definition) is 2. The Morgan fingerprint density at radius 1 is 0.606 bits per heavy atom. The minimum atomic E-state index is -0.374. The SMILES string of the molecule is C1=C(Nc2ccccc2)CCC2=C1C1(c3ccccc3Oc3ccccc31)c1ccccc12. The van der Waals surface area contributed by atoms with Crippen LogP contribution in [0.4, 0.5) is 5.69 Å². The van der Waals surface area contributed by atoms with E-state index in [9.17, 15) is 0 Å². The van der Waals surface area contributed by atoms with E-state index in [1.54, 1.807) is 0 Å². The Balaban J connectivity index is 1.52. The summed E-state index contributed by atoms with van der Waals surface area (Å²) in [6.07, 6.45) is 4.42. The number of para-hydroxylation sites is 3. The molecular formula is C31H23NO. The third-order valence-electron chi connectivity index (χ3n) is 7.23. The summed E-state index contributed by atoms with van der Waals surface area (Å²) in [6, 6.07) is 36.5. The molecule has 1 N–H and O–H groups in total. The lowest BCUT2D eigenvalue weighted by molar-refractivity contribution is 0.435. The lowest BCUT2D eigenvalue weighted by atomic mass is 9.64. The third kappa shape index (κ3) is 2.55. The average molecular weight is 426 g/mol. The van der Waals surface area contributed by atoms with Gasteiger partial charge < -0.3 is 10.1 Å². The summed E-state index contributed by atoms with van der Waals surface area (Å²) in [7, 11) is 0. The van der Waals surface area contributed by atoms with Crippen LogP contribution in [0.3, 0.4) is 0 Å². The van der Waals surface area contributed by atoms with Crippen molar-refractivity contribution in [2.45, 2.75) is 18.3 Å². The van der Waals surface area contributed by atoms with E-state index in [-0.39, 0.29) is 5.41 Å². The van der Waals surface area contributed by atoms with Crippen molar-refractivity contribution in [1.29, 1.82) is 0 Å². The van der Waals surface area contributed by atoms with Crippen LogP contribution >= 0.6 is 0 Å². The van der Waals surface area contributed by atoms with Gasteiger partial charge in [-0.3, -0.25) is 0 Å². The first-order chi connectivity index (χ1) is 16.4. The smallest absolute Gasteiger partial charge is 0.132 e. The quantitative estimate of drug-likeness (QED) is 0.355. The lowest BCUT2D eigenvalue weighted by Crippen LogP contribution is -2.33. The third-order valence-corrected chi connectivity index (χ3v) is 7.23. The topological polar surface area (TPSA) is 21.3 Å². The fraction of sp³-hybridized carbons (Fsp3) is 0.0968. The molecule has 7 rings (SSSR count). The number of allylic oxidation sites excluding steroid dienone is 4. The first-order valence-corrected chi connectivity index (χ1v) is 11.6. The van der Waals surface area contributed by atoms with Crippen LogP contribution in [0.5, 0.6) is 11.5 Å². The molecule has 4 aromatic carbocycles. The minimum Gasteiger partial charge on any atom is -0.457 e. The predicted octanol–water partition coefficient (Wildman–Crippen LogP) is 7.68. The van der Waals surface area contributed by atoms with Crippen molar-refractivity contribution in [2.75, 3.05) is 5.32 Å². The summed E-state index contributed by atoms with van der Waals surface area (Å²) >= 11 is 0. The van der Waals surface area contributed by atoms with Crippen molar-refractivity contribution in [2.24, 2.45) is 0 Å². The Morgan fingerprint density at radius 2 is 1.21 bits per heavy atom. The highest BCUT2D eigenvalue weighted by atomic mass is 16.5. The number of hydrogen-bond donors (Lipinski definition) is 1. The Kier molecular flexibility index (Phi) is 3.92. The van der Waals surface area contributed by atoms with Crippen molar-refractivity contribution < 1.29 is 4.74 Å². The van der Waals surface area contributed by atoms with Gasteiger partial charge in [0.25, 0.3) is 0 Å². The number of fused-ring (bicyclic) bond motifs is 8. The van der Waals surface area contributed by atoms with Crippen LogP contribution in [0.15, 0.2) is 120 Å². The molecule has 0 saturated carbocycles. The van der Waals surface area contributed by atoms with E-state index >= 15 is 0 Å². The highest BCUT2D eigenvalue weighted by molar-refractivity contribution is 5.90. The van der Waals surface area contributed by atoms with E-state index in [1.165, 1.54) is 39.1 Å². The second-order valence-electron chi connectivity index (χ2n) is 8.94. The summed E-state index contributed by atoms with van der Waals surface area (Å²) in [5, 5.41) is 3.69. The molecule has 0 amide bonds. The summed E-state index contributed by atoms with van der Waals surface area (Å²) in [4.78, 5) is 0. The summed E-state index contributed by atoms with van der Waals surface area (Å²) in [5.41, 5.74) is 10.0. The molecule has 158 valence electrons. The van der Waals surface area contributed by atoms with Crippen LogP contribution in [0, 0.1) is 0 Å². The van der Waals surface area contributed by atoms with Gasteiger partial charge in [-0.1, -0.05) is 78.9 Å². The maximum absolute atomic E-state index is 6.42. The van der Waals surface area contributed by atoms with Crippen molar-refractivity contribution in [3.05, 3.63) is 143 Å². The second kappa shape index (κ2) is 6.98. The Labute approximate surface area is 193 Å². The van der Waals surface area contributed by atoms with Gasteiger partial charge in [-0.25, -0.2) is 0 Å². The Bertz CT molecular complexity index is 1420. The first-order valence-electron chi connectivity index (χ1n) is 11.6. The largest absolute Gasteiger partial charge is 0.457 e. The van der Waals surface area contributed by atoms with Crippen molar-refractivity contribution in [1.82, 2.24) is 0 Å². The van der Waals surface area contributed by atoms with Gasteiger partial charge in [0.05, 0.1) is 5.41 Å². The molecule has 0 bridgehead atoms. The van der Waals surface area contributed by atoms with Crippen molar-refractivity contribution in [3.63, 3.8) is 0 Å². The molecule has 33 heavy (non-hydrogen) atoms. The summed E-state index contributed by atoms with van der Waals surface area (Å²) in [5.74, 6) is 1.88. The molecule has 4 aromatic rings. The van der Waals surface area contributed by atoms with Crippen LogP contribution in [0.25, 0.3) is 5.57 Å². The highest BCUT2D eigenvalue weighted by Crippen LogP contribution is 2.62. The van der Waals surface area contributed by atoms with Gasteiger partial charge in [0.15, 0.2) is 0 Å². The predicted molar refractivity (Wildman–Crippen MR) is 134 cm³/mol. The molecule has 2 aliphatic carbocycles. The maximum atomic E-state index is 6.42. The monoisotopic (exact) mass is 425 g/mol. The molecule has 3 aliphatic rings. The van der Waals surface area contributed by atoms with Gasteiger partial charge in [-0.15, -0.1) is 0 Å². The van der Waals surface area contributed by atoms with Crippen LogP contribution in [-0.4, -0.2) is 0 Å². The van der Waals surface area contributed by atoms with Gasteiger partial charge in [-0.05, 0) is 65.5 Å². The van der Waals surface area contributed by atoms with Crippen LogP contribution in [0.2, 0.25) is 0 Å². The number of nitrogens with one attached hydrogen (secondary N) is 1. The van der Waals surface area contributed by atoms with Gasteiger partial charge in [0.2, 0.25) is 0 Å². The zero-order chi connectivity index (χ0) is 21.8. The van der Waals surface area contributed by atoms with E-state index in [4.69, 9.17) is 4.74 Å². The second-order valence-corrected chi connectivity index (χ2v) is 8.94. The molecule has 2 nitrogen and oxygen atoms in total. The van der Waals surface area contributed by atoms with Crippen molar-refractivity contribution in [3.8, 4) is 11.5 Å². The van der Waals surface area contributed by atoms with Gasteiger partial charge in [-0.2, -0.15) is 0 Å². The molecule has 0 atom stereocenters. The maximum Gasteiger partial charge on any atom is 0.132 e. The molecule has 0 fully saturated rings. The van der Waals surface area contributed by atoms with Crippen LogP contribution in [0.1, 0.15) is 35.1 Å². The molecule has 1 spiro atoms. The fourth-order valence-electron chi connectivity index (χ4n) is 5.94. The molecular weight excluding hydrogens is 402 g/mol. The van der Waals surface area contributed by atoms with E-state index in [1.807, 2.05) is 0 Å². The molecule has 1 heterocycles. The number of benzene rings is 4.